The van der Waals surface area contributed by atoms with Crippen molar-refractivity contribution in [3.05, 3.63) is 48.6 Å². The molecule has 2 N–H and O–H groups in total. The molecule has 0 saturated heterocycles. The molecule has 0 atom stereocenters. The molecule has 0 saturated carbocycles. The second-order valence-electron chi connectivity index (χ2n) is 3.64. The maximum Gasteiger partial charge on any atom is 0.282 e. The Hall–Kier alpha value is -0.424. The van der Waals surface area contributed by atoms with Gasteiger partial charge in [-0.2, -0.15) is 0 Å². The third-order valence-electron chi connectivity index (χ3n) is 1.90. The Morgan fingerprint density at radius 2 is 1.67 bits per heavy atom. The smallest absolute Gasteiger partial charge is 0.282 e. The minimum atomic E-state index is -1.08. The van der Waals surface area contributed by atoms with E-state index in [0.29, 0.717) is 5.92 Å². The van der Waals surface area contributed by atoms with Gasteiger partial charge in [0.05, 0.1) is 0 Å². The zero-order valence-corrected chi connectivity index (χ0v) is 14.5. The molecule has 5 heteroatoms. The summed E-state index contributed by atoms with van der Waals surface area (Å²) in [4.78, 5) is 9.18. The molecule has 1 aromatic carbocycles. The third-order valence-corrected chi connectivity index (χ3v) is 1.90. The van der Waals surface area contributed by atoms with Crippen molar-refractivity contribution in [1.82, 2.24) is 0 Å². The predicted molar refractivity (Wildman–Crippen MR) is 74.4 cm³/mol. The van der Waals surface area contributed by atoms with Crippen molar-refractivity contribution < 1.29 is 27.5 Å². The first-order valence-corrected chi connectivity index (χ1v) is 8.18. The zero-order chi connectivity index (χ0) is 13.8. The van der Waals surface area contributed by atoms with Crippen LogP contribution < -0.4 is 0 Å². The molecule has 0 spiro atoms. The van der Waals surface area contributed by atoms with Gasteiger partial charge >= 0.3 is 27.2 Å². The molecule has 0 aliphatic rings. The van der Waals surface area contributed by atoms with Crippen molar-refractivity contribution in [1.29, 1.82) is 0 Å². The van der Waals surface area contributed by atoms with Gasteiger partial charge in [0.1, 0.15) is 0 Å². The zero-order valence-electron chi connectivity index (χ0n) is 11.2. The summed E-state index contributed by atoms with van der Waals surface area (Å²) >= 11 is 1.33. The van der Waals surface area contributed by atoms with Crippen LogP contribution in [0.5, 0.6) is 0 Å². The van der Waals surface area contributed by atoms with Gasteiger partial charge in [0, 0.05) is 0 Å². The number of carboxylic acids is 1. The van der Waals surface area contributed by atoms with Crippen molar-refractivity contribution in [2.75, 3.05) is 6.54 Å². The second kappa shape index (κ2) is 14.6. The molecule has 18 heavy (non-hydrogen) atoms. The summed E-state index contributed by atoms with van der Waals surface area (Å²) in [6.45, 7) is 6.01. The maximum atomic E-state index is 9.18. The second-order valence-corrected chi connectivity index (χ2v) is 3.64. The van der Waals surface area contributed by atoms with E-state index >= 15 is 0 Å². The number of aliphatic carboxylic acids is 1. The Bertz CT molecular complexity index is 302. The van der Waals surface area contributed by atoms with Gasteiger partial charge in [-0.15, -0.1) is 0 Å². The number of hydrogen-bond acceptors (Lipinski definition) is 1. The summed E-state index contributed by atoms with van der Waals surface area (Å²) in [6, 6.07) is 8.71. The Labute approximate surface area is 125 Å². The molecule has 0 fully saturated rings. The summed E-state index contributed by atoms with van der Waals surface area (Å²) in [5, 5.41) is 7.53. The first-order valence-electron chi connectivity index (χ1n) is 5.03. The van der Waals surface area contributed by atoms with Gasteiger partial charge in [-0.05, 0) is 18.4 Å². The average molecular weight is 449 g/mol. The van der Waals surface area contributed by atoms with Crippen LogP contribution in [0.25, 0.3) is 5.73 Å². The summed E-state index contributed by atoms with van der Waals surface area (Å²) in [5.74, 6) is -0.425. The number of carbonyl (C=O) groups is 1. The third kappa shape index (κ3) is 13.6. The van der Waals surface area contributed by atoms with E-state index in [1.807, 2.05) is 0 Å². The normalized spacial score (nSPS) is 8.17. The largest absolute Gasteiger partial charge is 0.668 e. The predicted octanol–water partition coefficient (Wildman–Crippen LogP) is 4.38. The van der Waals surface area contributed by atoms with Gasteiger partial charge in [0.15, 0.2) is 0 Å². The fraction of sp³-hybridized carbons (Fsp3) is 0.385. The van der Waals surface area contributed by atoms with Gasteiger partial charge in [0.2, 0.25) is 0 Å². The number of aryl methyl sites for hydroxylation is 1. The summed E-state index contributed by atoms with van der Waals surface area (Å²) in [7, 11) is 4.67. The van der Waals surface area contributed by atoms with Crippen molar-refractivity contribution in [3.63, 3.8) is 0 Å². The van der Waals surface area contributed by atoms with Crippen molar-refractivity contribution >= 4 is 15.6 Å². The molecule has 1 aromatic rings. The van der Waals surface area contributed by atoms with Crippen LogP contribution in [0.3, 0.4) is 0 Å². The van der Waals surface area contributed by atoms with Crippen molar-refractivity contribution in [2.45, 2.75) is 26.7 Å². The van der Waals surface area contributed by atoms with Crippen LogP contribution in [0.2, 0.25) is 0 Å². The first kappa shape index (κ1) is 22.7. The summed E-state index contributed by atoms with van der Waals surface area (Å²) in [5.41, 5.74) is 8.82. The number of benzene rings is 1. The van der Waals surface area contributed by atoms with Crippen LogP contribution in [0.15, 0.2) is 24.3 Å². The Morgan fingerprint density at radius 1 is 1.33 bits per heavy atom. The summed E-state index contributed by atoms with van der Waals surface area (Å²) < 4.78 is 0. The van der Waals surface area contributed by atoms with Crippen LogP contribution in [-0.2, 0) is 22.4 Å². The molecule has 107 valence electrons. The van der Waals surface area contributed by atoms with Crippen LogP contribution in [0.1, 0.15) is 30.9 Å². The average Bonchev–Trinajstić information content (AvgIpc) is 2.33. The SMILES string of the molecule is Cc1ccc(C(C)C)cc1.[CH3-].[Cl][Os].[NH-]CC(=O)O. The minimum Gasteiger partial charge on any atom is -0.668 e. The number of nitrogens with one attached hydrogen (secondary N) is 1. The molecule has 1 rings (SSSR count). The van der Waals surface area contributed by atoms with E-state index in [0.717, 1.165) is 0 Å². The van der Waals surface area contributed by atoms with E-state index in [-0.39, 0.29) is 7.43 Å². The fourth-order valence-corrected chi connectivity index (χ4v) is 0.951. The van der Waals surface area contributed by atoms with Crippen molar-refractivity contribution in [3.8, 4) is 0 Å². The van der Waals surface area contributed by atoms with E-state index < -0.39 is 12.5 Å². The van der Waals surface area contributed by atoms with Crippen molar-refractivity contribution in [2.24, 2.45) is 0 Å². The van der Waals surface area contributed by atoms with Crippen LogP contribution in [0, 0.1) is 14.4 Å². The van der Waals surface area contributed by atoms with Crippen LogP contribution in [0.4, 0.5) is 0 Å². The van der Waals surface area contributed by atoms with E-state index in [4.69, 9.17) is 10.8 Å². The topological polar surface area (TPSA) is 61.1 Å². The Balaban J connectivity index is -0.000000243. The van der Waals surface area contributed by atoms with Gasteiger partial charge in [-0.3, -0.25) is 4.79 Å². The van der Waals surface area contributed by atoms with Gasteiger partial charge < -0.3 is 18.3 Å². The summed E-state index contributed by atoms with van der Waals surface area (Å²) in [6.07, 6.45) is 0. The molecule has 0 aromatic heterocycles. The number of rotatable bonds is 2. The number of carboxylic acid groups (broad SMARTS) is 1. The Kier molecular flexibility index (Phi) is 18.5. The molecule has 0 amide bonds. The van der Waals surface area contributed by atoms with E-state index in [9.17, 15) is 4.79 Å². The van der Waals surface area contributed by atoms with Gasteiger partial charge in [0.25, 0.3) is 5.97 Å². The fourth-order valence-electron chi connectivity index (χ4n) is 0.951. The minimum absolute atomic E-state index is 0. The molecule has 3 nitrogen and oxygen atoms in total. The van der Waals surface area contributed by atoms with E-state index in [1.54, 1.807) is 0 Å². The van der Waals surface area contributed by atoms with E-state index in [2.05, 4.69) is 54.7 Å². The van der Waals surface area contributed by atoms with Gasteiger partial charge in [-0.1, -0.05) is 50.2 Å². The molecule has 0 unspecified atom stereocenters. The molecular weight excluding hydrogens is 428 g/mol. The molecule has 0 aliphatic carbocycles. The Morgan fingerprint density at radius 3 is 1.89 bits per heavy atom. The monoisotopic (exact) mass is 450 g/mol. The van der Waals surface area contributed by atoms with Crippen LogP contribution >= 0.6 is 9.64 Å². The quantitative estimate of drug-likeness (QED) is 0.682. The molecule has 0 heterocycles. The molecule has 0 bridgehead atoms. The number of hydrogen-bond donors (Lipinski definition) is 1. The first-order chi connectivity index (χ1) is 7.97. The van der Waals surface area contributed by atoms with Gasteiger partial charge in [-0.25, -0.2) is 0 Å². The van der Waals surface area contributed by atoms with E-state index in [1.165, 1.54) is 28.7 Å². The maximum absolute atomic E-state index is 9.18. The molecule has 0 radical (unpaired) electrons. The number of halogens is 1. The molecular formula is C13H21ClNO2Os-2. The molecule has 0 aliphatic heterocycles. The standard InChI is InChI=1S/C10H14.C2H4NO2.CH3.ClH.Os/c1-8(2)10-6-4-9(3)5-7-10;3-1-2(4)5;;;/h4-8H,1-3H3;3H,1H2,(H,4,5);1H3;1H;/q;2*-1;;+1/p-1. The van der Waals surface area contributed by atoms with Crippen LogP contribution in [-0.4, -0.2) is 17.6 Å².